The highest BCUT2D eigenvalue weighted by Gasteiger charge is 2.21. The number of benzene rings is 3. The lowest BCUT2D eigenvalue weighted by atomic mass is 10.0. The average molecular weight is 320 g/mol. The summed E-state index contributed by atoms with van der Waals surface area (Å²) in [4.78, 5) is 11.7. The molecular formula is C21H20O3. The molecule has 0 fully saturated rings. The smallest absolute Gasteiger partial charge is 0.345 e. The van der Waals surface area contributed by atoms with Gasteiger partial charge in [-0.2, -0.15) is 0 Å². The summed E-state index contributed by atoms with van der Waals surface area (Å²) in [5, 5.41) is 11.5. The summed E-state index contributed by atoms with van der Waals surface area (Å²) in [5.74, 6) is -0.354. The number of carboxylic acids is 1. The predicted molar refractivity (Wildman–Crippen MR) is 95.6 cm³/mol. The maximum absolute atomic E-state index is 11.7. The van der Waals surface area contributed by atoms with Gasteiger partial charge < -0.3 is 9.84 Å². The quantitative estimate of drug-likeness (QED) is 0.751. The maximum Gasteiger partial charge on any atom is 0.345 e. The highest BCUT2D eigenvalue weighted by Crippen LogP contribution is 2.27. The topological polar surface area (TPSA) is 46.5 Å². The Kier molecular flexibility index (Phi) is 4.52. The number of aliphatic carboxylic acids is 1. The number of carboxylic acid groups (broad SMARTS) is 1. The maximum atomic E-state index is 11.7. The van der Waals surface area contributed by atoms with Crippen molar-refractivity contribution < 1.29 is 14.6 Å². The molecule has 1 N–H and O–H groups in total. The Hall–Kier alpha value is -2.81. The van der Waals surface area contributed by atoms with Crippen molar-refractivity contribution in [3.63, 3.8) is 0 Å². The Morgan fingerprint density at radius 1 is 1.04 bits per heavy atom. The van der Waals surface area contributed by atoms with Gasteiger partial charge in [-0.05, 0) is 36.4 Å². The van der Waals surface area contributed by atoms with E-state index in [-0.39, 0.29) is 0 Å². The molecule has 0 aromatic heterocycles. The first-order valence-electron chi connectivity index (χ1n) is 7.98. The third-order valence-electron chi connectivity index (χ3n) is 4.20. The van der Waals surface area contributed by atoms with Crippen LogP contribution in [0.25, 0.3) is 10.8 Å². The monoisotopic (exact) mass is 320 g/mol. The molecule has 122 valence electrons. The van der Waals surface area contributed by atoms with Gasteiger partial charge in [0.15, 0.2) is 6.10 Å². The molecule has 3 heteroatoms. The second-order valence-corrected chi connectivity index (χ2v) is 6.06. The standard InChI is InChI=1S/C21H20O3/c1-14-10-11-17(15(2)12-14)13-20(21(22)23)24-19-9-5-7-16-6-3-4-8-18(16)19/h3-12,20H,13H2,1-2H3,(H,22,23)/t20-/m1/s1. The molecule has 0 aliphatic carbocycles. The number of hydrogen-bond acceptors (Lipinski definition) is 2. The molecular weight excluding hydrogens is 300 g/mol. The number of fused-ring (bicyclic) bond motifs is 1. The van der Waals surface area contributed by atoms with Crippen LogP contribution in [0.1, 0.15) is 16.7 Å². The van der Waals surface area contributed by atoms with E-state index in [1.165, 1.54) is 0 Å². The summed E-state index contributed by atoms with van der Waals surface area (Å²) in [6.07, 6.45) is -0.581. The summed E-state index contributed by atoms with van der Waals surface area (Å²) < 4.78 is 5.88. The average Bonchev–Trinajstić information content (AvgIpc) is 2.56. The van der Waals surface area contributed by atoms with Crippen molar-refractivity contribution in [3.05, 3.63) is 77.4 Å². The second kappa shape index (κ2) is 6.75. The van der Waals surface area contributed by atoms with Crippen LogP contribution in [0.4, 0.5) is 0 Å². The van der Waals surface area contributed by atoms with Gasteiger partial charge in [0.25, 0.3) is 0 Å². The van der Waals surface area contributed by atoms with Crippen molar-refractivity contribution in [1.29, 1.82) is 0 Å². The van der Waals surface area contributed by atoms with Crippen molar-refractivity contribution in [3.8, 4) is 5.75 Å². The van der Waals surface area contributed by atoms with E-state index in [4.69, 9.17) is 4.74 Å². The van der Waals surface area contributed by atoms with E-state index in [1.54, 1.807) is 0 Å². The number of carbonyl (C=O) groups is 1. The molecule has 0 saturated heterocycles. The summed E-state index contributed by atoms with van der Waals surface area (Å²) in [6.45, 7) is 4.03. The van der Waals surface area contributed by atoms with Gasteiger partial charge in [-0.1, -0.05) is 60.2 Å². The SMILES string of the molecule is Cc1ccc(C[C@@H](Oc2cccc3ccccc23)C(=O)O)c(C)c1. The first kappa shape index (κ1) is 16.1. The molecule has 3 rings (SSSR count). The Balaban J connectivity index is 1.90. The number of rotatable bonds is 5. The Labute approximate surface area is 141 Å². The zero-order chi connectivity index (χ0) is 17.1. The van der Waals surface area contributed by atoms with Crippen LogP contribution in [0, 0.1) is 13.8 Å². The zero-order valence-electron chi connectivity index (χ0n) is 13.8. The number of ether oxygens (including phenoxy) is 1. The molecule has 0 amide bonds. The highest BCUT2D eigenvalue weighted by molar-refractivity contribution is 5.88. The number of aryl methyl sites for hydroxylation is 2. The Morgan fingerprint density at radius 3 is 2.54 bits per heavy atom. The van der Waals surface area contributed by atoms with E-state index < -0.39 is 12.1 Å². The molecule has 0 heterocycles. The van der Waals surface area contributed by atoms with Gasteiger partial charge in [-0.15, -0.1) is 0 Å². The summed E-state index contributed by atoms with van der Waals surface area (Å²) in [7, 11) is 0. The lowest BCUT2D eigenvalue weighted by Crippen LogP contribution is -2.29. The minimum absolute atomic E-state index is 0.338. The van der Waals surface area contributed by atoms with E-state index in [2.05, 4.69) is 6.07 Å². The van der Waals surface area contributed by atoms with Crippen LogP contribution in [0.3, 0.4) is 0 Å². The van der Waals surface area contributed by atoms with Gasteiger partial charge in [0.1, 0.15) is 5.75 Å². The van der Waals surface area contributed by atoms with Gasteiger partial charge in [0, 0.05) is 11.8 Å². The van der Waals surface area contributed by atoms with Crippen molar-refractivity contribution in [2.24, 2.45) is 0 Å². The van der Waals surface area contributed by atoms with Gasteiger partial charge in [-0.25, -0.2) is 4.79 Å². The lowest BCUT2D eigenvalue weighted by Gasteiger charge is -2.18. The van der Waals surface area contributed by atoms with Gasteiger partial charge in [0.2, 0.25) is 0 Å². The van der Waals surface area contributed by atoms with Crippen LogP contribution < -0.4 is 4.74 Å². The van der Waals surface area contributed by atoms with Crippen LogP contribution in [0.2, 0.25) is 0 Å². The first-order valence-corrected chi connectivity index (χ1v) is 7.98. The summed E-state index contributed by atoms with van der Waals surface area (Å²) >= 11 is 0. The molecule has 1 atom stereocenters. The highest BCUT2D eigenvalue weighted by atomic mass is 16.5. The molecule has 0 bridgehead atoms. The van der Waals surface area contributed by atoms with Crippen LogP contribution in [0.5, 0.6) is 5.75 Å². The third kappa shape index (κ3) is 3.40. The fraction of sp³-hybridized carbons (Fsp3) is 0.190. The van der Waals surface area contributed by atoms with Crippen molar-refractivity contribution >= 4 is 16.7 Å². The minimum Gasteiger partial charge on any atom is -0.478 e. The normalized spacial score (nSPS) is 12.1. The fourth-order valence-corrected chi connectivity index (χ4v) is 2.91. The van der Waals surface area contributed by atoms with Crippen molar-refractivity contribution in [1.82, 2.24) is 0 Å². The van der Waals surface area contributed by atoms with Crippen molar-refractivity contribution in [2.45, 2.75) is 26.4 Å². The second-order valence-electron chi connectivity index (χ2n) is 6.06. The van der Waals surface area contributed by atoms with Crippen LogP contribution in [0.15, 0.2) is 60.7 Å². The van der Waals surface area contributed by atoms with E-state index in [1.807, 2.05) is 68.4 Å². The van der Waals surface area contributed by atoms with Crippen LogP contribution in [-0.2, 0) is 11.2 Å². The van der Waals surface area contributed by atoms with Gasteiger partial charge in [0.05, 0.1) is 0 Å². The molecule has 0 aliphatic heterocycles. The van der Waals surface area contributed by atoms with Gasteiger partial charge >= 0.3 is 5.97 Å². The molecule has 24 heavy (non-hydrogen) atoms. The molecule has 0 aliphatic rings. The summed E-state index contributed by atoms with van der Waals surface area (Å²) in [6, 6.07) is 19.5. The lowest BCUT2D eigenvalue weighted by molar-refractivity contribution is -0.144. The molecule has 0 saturated carbocycles. The van der Waals surface area contributed by atoms with E-state index in [0.717, 1.165) is 27.5 Å². The Bertz CT molecular complexity index is 878. The predicted octanol–water partition coefficient (Wildman–Crippen LogP) is 4.53. The largest absolute Gasteiger partial charge is 0.478 e. The fourth-order valence-electron chi connectivity index (χ4n) is 2.91. The molecule has 3 nitrogen and oxygen atoms in total. The van der Waals surface area contributed by atoms with Crippen LogP contribution >= 0.6 is 0 Å². The van der Waals surface area contributed by atoms with Gasteiger partial charge in [-0.3, -0.25) is 0 Å². The molecule has 3 aromatic carbocycles. The molecule has 0 unspecified atom stereocenters. The third-order valence-corrected chi connectivity index (χ3v) is 4.20. The van der Waals surface area contributed by atoms with Crippen molar-refractivity contribution in [2.75, 3.05) is 0 Å². The zero-order valence-corrected chi connectivity index (χ0v) is 13.8. The van der Waals surface area contributed by atoms with E-state index in [9.17, 15) is 9.90 Å². The molecule has 0 spiro atoms. The molecule has 3 aromatic rings. The Morgan fingerprint density at radius 2 is 1.79 bits per heavy atom. The van der Waals surface area contributed by atoms with E-state index >= 15 is 0 Å². The first-order chi connectivity index (χ1) is 11.5. The minimum atomic E-state index is -0.956. The van der Waals surface area contributed by atoms with E-state index in [0.29, 0.717) is 12.2 Å². The van der Waals surface area contributed by atoms with Crippen LogP contribution in [-0.4, -0.2) is 17.2 Å². The summed E-state index contributed by atoms with van der Waals surface area (Å²) in [5.41, 5.74) is 3.24. The molecule has 0 radical (unpaired) electrons. The number of hydrogen-bond donors (Lipinski definition) is 1.